The van der Waals surface area contributed by atoms with E-state index < -0.39 is 11.1 Å². The summed E-state index contributed by atoms with van der Waals surface area (Å²) in [5.74, 6) is 0. The van der Waals surface area contributed by atoms with Crippen molar-refractivity contribution in [3.8, 4) is 0 Å². The number of halogens is 2. The van der Waals surface area contributed by atoms with Crippen LogP contribution in [0.2, 0.25) is 10.0 Å². The summed E-state index contributed by atoms with van der Waals surface area (Å²) in [5.41, 5.74) is 3.27. The maximum Gasteiger partial charge on any atom is 0.106 e. The Labute approximate surface area is 182 Å². The molecule has 0 amide bonds. The van der Waals surface area contributed by atoms with Crippen LogP contribution in [0.1, 0.15) is 12.5 Å². The maximum atomic E-state index is 11.1. The van der Waals surface area contributed by atoms with E-state index in [1.54, 1.807) is 0 Å². The minimum Gasteiger partial charge on any atom is -0.768 e. The van der Waals surface area contributed by atoms with Gasteiger partial charge < -0.3 is 9.45 Å². The van der Waals surface area contributed by atoms with Crippen LogP contribution in [0.5, 0.6) is 0 Å². The van der Waals surface area contributed by atoms with E-state index in [0.717, 1.165) is 18.8 Å². The SMILES string of the molecule is CCN(Cc1ccccc1)c1ccc(N=Nc2cc(Cl)c(S(=O)[O-])cc2Cl)cc1. The van der Waals surface area contributed by atoms with Crippen LogP contribution >= 0.6 is 23.2 Å². The predicted molar refractivity (Wildman–Crippen MR) is 117 cm³/mol. The number of rotatable bonds is 7. The lowest BCUT2D eigenvalue weighted by molar-refractivity contribution is 0.537. The topological polar surface area (TPSA) is 68.1 Å². The summed E-state index contributed by atoms with van der Waals surface area (Å²) in [6.45, 7) is 3.80. The third-order valence-corrected chi connectivity index (χ3v) is 5.69. The van der Waals surface area contributed by atoms with Crippen molar-refractivity contribution in [3.05, 3.63) is 82.3 Å². The molecule has 0 saturated carbocycles. The summed E-state index contributed by atoms with van der Waals surface area (Å²) < 4.78 is 22.2. The lowest BCUT2D eigenvalue weighted by Gasteiger charge is -2.23. The molecule has 0 spiro atoms. The predicted octanol–water partition coefficient (Wildman–Crippen LogP) is 6.67. The lowest BCUT2D eigenvalue weighted by atomic mass is 10.2. The molecule has 0 aliphatic rings. The second kappa shape index (κ2) is 9.98. The molecule has 8 heteroatoms. The van der Waals surface area contributed by atoms with E-state index >= 15 is 0 Å². The monoisotopic (exact) mass is 446 g/mol. The first kappa shape index (κ1) is 21.5. The van der Waals surface area contributed by atoms with Gasteiger partial charge >= 0.3 is 0 Å². The van der Waals surface area contributed by atoms with E-state index in [1.807, 2.05) is 42.5 Å². The van der Waals surface area contributed by atoms with Crippen LogP contribution < -0.4 is 4.90 Å². The number of hydrogen-bond donors (Lipinski definition) is 0. The van der Waals surface area contributed by atoms with Gasteiger partial charge in [0.05, 0.1) is 15.7 Å². The molecule has 1 atom stereocenters. The van der Waals surface area contributed by atoms with E-state index in [-0.39, 0.29) is 14.9 Å². The largest absolute Gasteiger partial charge is 0.768 e. The molecular weight excluding hydrogens is 429 g/mol. The smallest absolute Gasteiger partial charge is 0.106 e. The van der Waals surface area contributed by atoms with E-state index in [0.29, 0.717) is 11.4 Å². The number of azo groups is 1. The first-order valence-corrected chi connectivity index (χ1v) is 10.7. The van der Waals surface area contributed by atoms with Gasteiger partial charge in [0.25, 0.3) is 0 Å². The molecule has 0 aliphatic heterocycles. The van der Waals surface area contributed by atoms with Crippen LogP contribution in [0, 0.1) is 0 Å². The normalized spacial score (nSPS) is 12.3. The van der Waals surface area contributed by atoms with Crippen LogP contribution in [0.3, 0.4) is 0 Å². The molecule has 5 nitrogen and oxygen atoms in total. The Bertz CT molecular complexity index is 1030. The molecule has 0 N–H and O–H groups in total. The van der Waals surface area contributed by atoms with Gasteiger partial charge in [-0.05, 0) is 60.0 Å². The van der Waals surface area contributed by atoms with Crippen LogP contribution in [-0.4, -0.2) is 15.3 Å². The highest BCUT2D eigenvalue weighted by Crippen LogP contribution is 2.34. The molecule has 0 fully saturated rings. The van der Waals surface area contributed by atoms with Crippen molar-refractivity contribution < 1.29 is 8.76 Å². The maximum absolute atomic E-state index is 11.1. The van der Waals surface area contributed by atoms with Crippen LogP contribution in [0.25, 0.3) is 0 Å². The molecule has 0 heterocycles. The molecule has 3 rings (SSSR count). The van der Waals surface area contributed by atoms with Gasteiger partial charge in [0.15, 0.2) is 0 Å². The molecule has 1 unspecified atom stereocenters. The summed E-state index contributed by atoms with van der Waals surface area (Å²) >= 11 is 9.57. The van der Waals surface area contributed by atoms with E-state index in [9.17, 15) is 8.76 Å². The molecule has 0 bridgehead atoms. The Morgan fingerprint density at radius 2 is 1.66 bits per heavy atom. The van der Waals surface area contributed by atoms with Crippen molar-refractivity contribution in [2.24, 2.45) is 10.2 Å². The van der Waals surface area contributed by atoms with Crippen molar-refractivity contribution >= 4 is 51.3 Å². The average Bonchev–Trinajstić information content (AvgIpc) is 2.73. The summed E-state index contributed by atoms with van der Waals surface area (Å²) in [7, 11) is 0. The fourth-order valence-corrected chi connectivity index (χ4v) is 3.80. The molecule has 150 valence electrons. The number of hydrogen-bond acceptors (Lipinski definition) is 5. The second-order valence-corrected chi connectivity index (χ2v) is 7.91. The van der Waals surface area contributed by atoms with Crippen molar-refractivity contribution in [1.82, 2.24) is 0 Å². The highest BCUT2D eigenvalue weighted by atomic mass is 35.5. The van der Waals surface area contributed by atoms with E-state index in [1.165, 1.54) is 17.7 Å². The molecule has 0 saturated heterocycles. The molecule has 0 aromatic heterocycles. The van der Waals surface area contributed by atoms with Gasteiger partial charge in [0.1, 0.15) is 5.69 Å². The quantitative estimate of drug-likeness (QED) is 0.300. The fraction of sp³-hybridized carbons (Fsp3) is 0.143. The molecular formula is C21H18Cl2N3O2S-. The first-order valence-electron chi connectivity index (χ1n) is 8.87. The summed E-state index contributed by atoms with van der Waals surface area (Å²) in [5, 5.41) is 8.48. The number of anilines is 1. The Hall–Kier alpha value is -2.25. The van der Waals surface area contributed by atoms with Gasteiger partial charge in [-0.1, -0.05) is 53.5 Å². The van der Waals surface area contributed by atoms with Gasteiger partial charge in [-0.25, -0.2) is 0 Å². The zero-order valence-electron chi connectivity index (χ0n) is 15.6. The van der Waals surface area contributed by atoms with Gasteiger partial charge in [0, 0.05) is 23.7 Å². The molecule has 3 aromatic carbocycles. The van der Waals surface area contributed by atoms with Crippen LogP contribution in [0.4, 0.5) is 17.1 Å². The summed E-state index contributed by atoms with van der Waals surface area (Å²) in [6, 6.07) is 20.6. The minimum atomic E-state index is -2.47. The second-order valence-electron chi connectivity index (χ2n) is 6.18. The summed E-state index contributed by atoms with van der Waals surface area (Å²) in [4.78, 5) is 2.19. The van der Waals surface area contributed by atoms with Crippen molar-refractivity contribution in [2.45, 2.75) is 18.4 Å². The average molecular weight is 447 g/mol. The van der Waals surface area contributed by atoms with Gasteiger partial charge in [0.2, 0.25) is 0 Å². The highest BCUT2D eigenvalue weighted by molar-refractivity contribution is 7.79. The zero-order chi connectivity index (χ0) is 20.8. The van der Waals surface area contributed by atoms with E-state index in [4.69, 9.17) is 23.2 Å². The Morgan fingerprint density at radius 1 is 0.966 bits per heavy atom. The van der Waals surface area contributed by atoms with Crippen molar-refractivity contribution in [1.29, 1.82) is 0 Å². The standard InChI is InChI=1S/C21H19Cl2N3O2S/c1-2-26(14-15-6-4-3-5-7-15)17-10-8-16(9-11-17)24-25-20-12-19(23)21(29(27)28)13-18(20)22/h3-13H,2,14H2,1H3,(H,27,28)/p-1. The zero-order valence-corrected chi connectivity index (χ0v) is 17.9. The van der Waals surface area contributed by atoms with Gasteiger partial charge in [-0.3, -0.25) is 4.21 Å². The number of benzene rings is 3. The third-order valence-electron chi connectivity index (χ3n) is 4.27. The van der Waals surface area contributed by atoms with E-state index in [2.05, 4.69) is 34.2 Å². The van der Waals surface area contributed by atoms with Gasteiger partial charge in [-0.2, -0.15) is 5.11 Å². The van der Waals surface area contributed by atoms with Crippen LogP contribution in [0.15, 0.2) is 81.9 Å². The minimum absolute atomic E-state index is 0.0477. The first-order chi connectivity index (χ1) is 14.0. The lowest BCUT2D eigenvalue weighted by Crippen LogP contribution is -2.21. The molecule has 3 aromatic rings. The Kier molecular flexibility index (Phi) is 7.39. The molecule has 29 heavy (non-hydrogen) atoms. The van der Waals surface area contributed by atoms with Crippen LogP contribution in [-0.2, 0) is 17.6 Å². The van der Waals surface area contributed by atoms with Gasteiger partial charge in [-0.15, -0.1) is 5.11 Å². The Balaban J connectivity index is 1.75. The van der Waals surface area contributed by atoms with Crippen molar-refractivity contribution in [3.63, 3.8) is 0 Å². The molecule has 0 radical (unpaired) electrons. The number of nitrogens with zero attached hydrogens (tertiary/aromatic N) is 3. The van der Waals surface area contributed by atoms with Crippen molar-refractivity contribution in [2.75, 3.05) is 11.4 Å². The Morgan fingerprint density at radius 3 is 2.28 bits per heavy atom. The summed E-state index contributed by atoms with van der Waals surface area (Å²) in [6.07, 6.45) is 0. The molecule has 0 aliphatic carbocycles. The highest BCUT2D eigenvalue weighted by Gasteiger charge is 2.08. The third kappa shape index (κ3) is 5.64. The fourth-order valence-electron chi connectivity index (χ4n) is 2.75.